The summed E-state index contributed by atoms with van der Waals surface area (Å²) in [4.78, 5) is 0. The quantitative estimate of drug-likeness (QED) is 0.687. The summed E-state index contributed by atoms with van der Waals surface area (Å²) in [6.07, 6.45) is 3.09. The Balaban J connectivity index is 1.93. The molecule has 3 aliphatic rings. The average Bonchev–Trinajstić information content (AvgIpc) is 2.07. The van der Waals surface area contributed by atoms with Crippen molar-refractivity contribution in [3.63, 3.8) is 0 Å². The first-order valence-electron chi connectivity index (χ1n) is 5.11. The molecule has 0 spiro atoms. The van der Waals surface area contributed by atoms with E-state index in [0.717, 1.165) is 24.8 Å². The monoisotopic (exact) mass is 244 g/mol. The van der Waals surface area contributed by atoms with Crippen molar-refractivity contribution in [2.75, 3.05) is 5.88 Å². The van der Waals surface area contributed by atoms with Gasteiger partial charge >= 0.3 is 0 Å². The van der Waals surface area contributed by atoms with Crippen LogP contribution in [0.5, 0.6) is 0 Å². The first kappa shape index (κ1) is 9.92. The van der Waals surface area contributed by atoms with Crippen LogP contribution in [0.25, 0.3) is 0 Å². The third-order valence-corrected chi connectivity index (χ3v) is 4.73. The molecule has 0 aromatic heterocycles. The normalized spacial score (nSPS) is 37.0. The summed E-state index contributed by atoms with van der Waals surface area (Å²) in [5.74, 6) is 0.582. The maximum atomic E-state index is 13.6. The van der Waals surface area contributed by atoms with Gasteiger partial charge in [0.15, 0.2) is 0 Å². The lowest BCUT2D eigenvalue weighted by molar-refractivity contribution is -0.124. The minimum Gasteiger partial charge on any atom is -0.207 e. The smallest absolute Gasteiger partial charge is 0.127 e. The molecule has 2 bridgehead atoms. The largest absolute Gasteiger partial charge is 0.207 e. The van der Waals surface area contributed by atoms with Crippen molar-refractivity contribution >= 4 is 23.2 Å². The molecule has 0 atom stereocenters. The summed E-state index contributed by atoms with van der Waals surface area (Å²) in [6.45, 7) is 0. The van der Waals surface area contributed by atoms with Crippen molar-refractivity contribution < 1.29 is 4.39 Å². The minimum atomic E-state index is -0.123. The van der Waals surface area contributed by atoms with Crippen molar-refractivity contribution in [1.29, 1.82) is 0 Å². The Kier molecular flexibility index (Phi) is 1.91. The molecule has 15 heavy (non-hydrogen) atoms. The van der Waals surface area contributed by atoms with Crippen molar-refractivity contribution in [2.24, 2.45) is 5.41 Å². The van der Waals surface area contributed by atoms with Gasteiger partial charge in [0.1, 0.15) is 5.82 Å². The van der Waals surface area contributed by atoms with Crippen LogP contribution in [0.15, 0.2) is 18.2 Å². The first-order valence-corrected chi connectivity index (χ1v) is 6.02. The zero-order chi connectivity index (χ0) is 10.7. The number of halogens is 3. The van der Waals surface area contributed by atoms with E-state index in [-0.39, 0.29) is 11.2 Å². The number of hydrogen-bond acceptors (Lipinski definition) is 0. The van der Waals surface area contributed by atoms with Crippen molar-refractivity contribution in [3.8, 4) is 0 Å². The lowest BCUT2D eigenvalue weighted by Crippen LogP contribution is -2.65. The maximum Gasteiger partial charge on any atom is 0.127 e. The summed E-state index contributed by atoms with van der Waals surface area (Å²) in [7, 11) is 0. The van der Waals surface area contributed by atoms with Gasteiger partial charge in [-0.2, -0.15) is 0 Å². The third kappa shape index (κ3) is 1.20. The predicted molar refractivity (Wildman–Crippen MR) is 60.1 cm³/mol. The molecule has 1 aromatic carbocycles. The highest BCUT2D eigenvalue weighted by Crippen LogP contribution is 2.74. The van der Waals surface area contributed by atoms with Crippen molar-refractivity contribution in [3.05, 3.63) is 34.6 Å². The molecule has 1 aromatic rings. The molecule has 0 radical (unpaired) electrons. The van der Waals surface area contributed by atoms with Crippen LogP contribution in [-0.4, -0.2) is 5.88 Å². The molecule has 4 rings (SSSR count). The Morgan fingerprint density at radius 1 is 1.27 bits per heavy atom. The minimum absolute atomic E-state index is 0.0594. The molecule has 3 saturated carbocycles. The Morgan fingerprint density at radius 3 is 2.53 bits per heavy atom. The van der Waals surface area contributed by atoms with Gasteiger partial charge in [0, 0.05) is 10.9 Å². The Bertz CT molecular complexity index is 408. The summed E-state index contributed by atoms with van der Waals surface area (Å²) in [5, 5.41) is 0.621. The summed E-state index contributed by atoms with van der Waals surface area (Å²) in [5.41, 5.74) is 1.17. The van der Waals surface area contributed by atoms with E-state index in [2.05, 4.69) is 0 Å². The van der Waals surface area contributed by atoms with Gasteiger partial charge < -0.3 is 0 Å². The molecule has 80 valence electrons. The summed E-state index contributed by atoms with van der Waals surface area (Å²) < 4.78 is 13.6. The molecule has 3 fully saturated rings. The SMILES string of the molecule is Fc1ccc(Cl)cc1C12CC(CCl)(C1)C2. The van der Waals surface area contributed by atoms with Gasteiger partial charge in [-0.15, -0.1) is 11.6 Å². The van der Waals surface area contributed by atoms with Gasteiger partial charge in [0.25, 0.3) is 0 Å². The molecule has 0 aliphatic heterocycles. The number of benzene rings is 1. The van der Waals surface area contributed by atoms with Gasteiger partial charge in [0.2, 0.25) is 0 Å². The second-order valence-electron chi connectivity index (χ2n) is 5.07. The van der Waals surface area contributed by atoms with Gasteiger partial charge in [-0.1, -0.05) is 11.6 Å². The Hall–Kier alpha value is -0.270. The van der Waals surface area contributed by atoms with Crippen molar-refractivity contribution in [2.45, 2.75) is 24.7 Å². The summed E-state index contributed by atoms with van der Waals surface area (Å²) >= 11 is 11.8. The van der Waals surface area contributed by atoms with Crippen LogP contribution >= 0.6 is 23.2 Å². The standard InChI is InChI=1S/C12H11Cl2F/c13-7-11-4-12(5-11,6-11)9-3-8(14)1-2-10(9)15/h1-3H,4-7H2. The fourth-order valence-corrected chi connectivity index (χ4v) is 3.79. The molecule has 3 heteroatoms. The second kappa shape index (κ2) is 2.89. The highest BCUT2D eigenvalue weighted by atomic mass is 35.5. The lowest BCUT2D eigenvalue weighted by Gasteiger charge is -2.70. The van der Waals surface area contributed by atoms with E-state index in [1.54, 1.807) is 12.1 Å². The fraction of sp³-hybridized carbons (Fsp3) is 0.500. The van der Waals surface area contributed by atoms with E-state index in [0.29, 0.717) is 16.3 Å². The molecule has 0 N–H and O–H groups in total. The number of rotatable bonds is 2. The second-order valence-corrected chi connectivity index (χ2v) is 5.77. The average molecular weight is 245 g/mol. The van der Waals surface area contributed by atoms with Crippen LogP contribution in [0, 0.1) is 11.2 Å². The molecule has 0 heterocycles. The zero-order valence-corrected chi connectivity index (χ0v) is 9.71. The highest BCUT2D eigenvalue weighted by molar-refractivity contribution is 6.30. The lowest BCUT2D eigenvalue weighted by atomic mass is 9.34. The molecule has 0 unspecified atom stereocenters. The van der Waals surface area contributed by atoms with E-state index >= 15 is 0 Å². The number of hydrogen-bond donors (Lipinski definition) is 0. The Labute approximate surface area is 98.4 Å². The molecule has 3 aliphatic carbocycles. The maximum absolute atomic E-state index is 13.6. The molecular formula is C12H11Cl2F. The Morgan fingerprint density at radius 2 is 1.93 bits per heavy atom. The van der Waals surface area contributed by atoms with Crippen LogP contribution in [0.4, 0.5) is 4.39 Å². The summed E-state index contributed by atoms with van der Waals surface area (Å²) in [6, 6.07) is 4.84. The van der Waals surface area contributed by atoms with E-state index < -0.39 is 0 Å². The van der Waals surface area contributed by atoms with Gasteiger partial charge in [-0.05, 0) is 53.9 Å². The third-order valence-electron chi connectivity index (χ3n) is 3.92. The predicted octanol–water partition coefficient (Wildman–Crippen LogP) is 4.14. The van der Waals surface area contributed by atoms with Crippen LogP contribution < -0.4 is 0 Å². The van der Waals surface area contributed by atoms with E-state index in [1.807, 2.05) is 0 Å². The van der Waals surface area contributed by atoms with E-state index in [4.69, 9.17) is 23.2 Å². The van der Waals surface area contributed by atoms with Crippen LogP contribution in [0.1, 0.15) is 24.8 Å². The van der Waals surface area contributed by atoms with Crippen LogP contribution in [-0.2, 0) is 5.41 Å². The highest BCUT2D eigenvalue weighted by Gasteiger charge is 2.68. The molecule has 0 amide bonds. The van der Waals surface area contributed by atoms with Crippen LogP contribution in [0.2, 0.25) is 5.02 Å². The fourth-order valence-electron chi connectivity index (χ4n) is 3.33. The first-order chi connectivity index (χ1) is 7.09. The topological polar surface area (TPSA) is 0 Å². The van der Waals surface area contributed by atoms with Gasteiger partial charge in [0.05, 0.1) is 0 Å². The van der Waals surface area contributed by atoms with Crippen LogP contribution in [0.3, 0.4) is 0 Å². The zero-order valence-electron chi connectivity index (χ0n) is 8.19. The van der Waals surface area contributed by atoms with Gasteiger partial charge in [-0.3, -0.25) is 0 Å². The molecule has 0 nitrogen and oxygen atoms in total. The van der Waals surface area contributed by atoms with E-state index in [1.165, 1.54) is 6.07 Å². The molecule has 0 saturated heterocycles. The van der Waals surface area contributed by atoms with Gasteiger partial charge in [-0.25, -0.2) is 4.39 Å². The number of alkyl halides is 1. The van der Waals surface area contributed by atoms with Crippen molar-refractivity contribution in [1.82, 2.24) is 0 Å². The molecular weight excluding hydrogens is 234 g/mol. The van der Waals surface area contributed by atoms with E-state index in [9.17, 15) is 4.39 Å².